The van der Waals surface area contributed by atoms with Crippen molar-refractivity contribution in [3.63, 3.8) is 0 Å². The van der Waals surface area contributed by atoms with Crippen LogP contribution in [-0.4, -0.2) is 20.7 Å². The molecule has 0 saturated heterocycles. The summed E-state index contributed by atoms with van der Waals surface area (Å²) < 4.78 is 27.3. The van der Waals surface area contributed by atoms with Crippen molar-refractivity contribution in [3.8, 4) is 0 Å². The third kappa shape index (κ3) is 2.31. The van der Waals surface area contributed by atoms with Crippen molar-refractivity contribution in [2.24, 2.45) is 0 Å². The Hall–Kier alpha value is -2.14. The number of nitrogens with zero attached hydrogens (tertiary/aromatic N) is 1. The molecule has 0 aromatic heterocycles. The second kappa shape index (κ2) is 5.25. The lowest BCUT2D eigenvalue weighted by molar-refractivity contribution is 0.0982. The summed E-state index contributed by atoms with van der Waals surface area (Å²) in [5, 5.41) is 0. The summed E-state index contributed by atoms with van der Waals surface area (Å²) in [7, 11) is -3.66. The first-order valence-corrected chi connectivity index (χ1v) is 8.57. The van der Waals surface area contributed by atoms with Crippen LogP contribution in [0.3, 0.4) is 0 Å². The number of Topliss-reactive ketones (excluding diaryl/α,β-unsaturated/α-hetero) is 1. The van der Waals surface area contributed by atoms with Crippen molar-refractivity contribution >= 4 is 21.5 Å². The minimum absolute atomic E-state index is 0.00469. The lowest BCUT2D eigenvalue weighted by Gasteiger charge is -2.30. The molecule has 0 aliphatic carbocycles. The zero-order chi connectivity index (χ0) is 15.9. The quantitative estimate of drug-likeness (QED) is 0.856. The van der Waals surface area contributed by atoms with Crippen LogP contribution in [0.4, 0.5) is 5.69 Å². The molecule has 2 aromatic carbocycles. The van der Waals surface area contributed by atoms with Gasteiger partial charge in [0.1, 0.15) is 0 Å². The molecule has 2 aromatic rings. The highest BCUT2D eigenvalue weighted by Gasteiger charge is 2.32. The van der Waals surface area contributed by atoms with Gasteiger partial charge in [0.05, 0.1) is 10.6 Å². The highest BCUT2D eigenvalue weighted by molar-refractivity contribution is 7.92. The number of hydrogen-bond acceptors (Lipinski definition) is 3. The van der Waals surface area contributed by atoms with Crippen LogP contribution < -0.4 is 4.31 Å². The van der Waals surface area contributed by atoms with Crippen molar-refractivity contribution in [3.05, 3.63) is 59.2 Å². The number of rotatable bonds is 2. The SMILES string of the molecule is Cc1ccc2c(c1)C(=O)CCN2S(=O)(=O)c1ccccc1C. The molecule has 0 bridgehead atoms. The minimum Gasteiger partial charge on any atom is -0.294 e. The Balaban J connectivity index is 2.16. The number of sulfonamides is 1. The summed E-state index contributed by atoms with van der Waals surface area (Å²) in [5.74, 6) is -0.00469. The summed E-state index contributed by atoms with van der Waals surface area (Å²) >= 11 is 0. The molecule has 114 valence electrons. The predicted molar refractivity (Wildman–Crippen MR) is 85.8 cm³/mol. The zero-order valence-electron chi connectivity index (χ0n) is 12.5. The van der Waals surface area contributed by atoms with E-state index in [1.54, 1.807) is 37.3 Å². The first-order chi connectivity index (χ1) is 10.4. The van der Waals surface area contributed by atoms with Crippen LogP contribution in [0.1, 0.15) is 27.9 Å². The molecule has 0 radical (unpaired) electrons. The van der Waals surface area contributed by atoms with E-state index in [-0.39, 0.29) is 23.6 Å². The van der Waals surface area contributed by atoms with Crippen LogP contribution in [0.5, 0.6) is 0 Å². The maximum absolute atomic E-state index is 13.0. The van der Waals surface area contributed by atoms with Gasteiger partial charge in [0.15, 0.2) is 5.78 Å². The number of ketones is 1. The Morgan fingerprint density at radius 1 is 1.05 bits per heavy atom. The summed E-state index contributed by atoms with van der Waals surface area (Å²) in [4.78, 5) is 12.4. The number of carbonyl (C=O) groups is 1. The van der Waals surface area contributed by atoms with Crippen LogP contribution in [0.15, 0.2) is 47.4 Å². The van der Waals surface area contributed by atoms with E-state index >= 15 is 0 Å². The van der Waals surface area contributed by atoms with Crippen molar-refractivity contribution in [2.45, 2.75) is 25.2 Å². The van der Waals surface area contributed by atoms with Gasteiger partial charge in [-0.05, 0) is 37.6 Å². The molecule has 0 atom stereocenters. The van der Waals surface area contributed by atoms with Gasteiger partial charge >= 0.3 is 0 Å². The summed E-state index contributed by atoms with van der Waals surface area (Å²) in [6.07, 6.45) is 0.210. The minimum atomic E-state index is -3.66. The summed E-state index contributed by atoms with van der Waals surface area (Å²) in [6, 6.07) is 12.2. The molecule has 22 heavy (non-hydrogen) atoms. The molecule has 0 saturated carbocycles. The summed E-state index contributed by atoms with van der Waals surface area (Å²) in [5.41, 5.74) is 2.61. The largest absolute Gasteiger partial charge is 0.294 e. The molecule has 5 heteroatoms. The molecule has 1 aliphatic rings. The molecule has 0 spiro atoms. The molecule has 1 heterocycles. The lowest BCUT2D eigenvalue weighted by atomic mass is 10.0. The molecule has 0 fully saturated rings. The molecule has 1 aliphatic heterocycles. The van der Waals surface area contributed by atoms with Crippen LogP contribution >= 0.6 is 0 Å². The third-order valence-corrected chi connectivity index (χ3v) is 5.90. The van der Waals surface area contributed by atoms with Gasteiger partial charge in [-0.3, -0.25) is 9.10 Å². The van der Waals surface area contributed by atoms with Crippen LogP contribution in [0.2, 0.25) is 0 Å². The molecule has 0 amide bonds. The number of hydrogen-bond donors (Lipinski definition) is 0. The summed E-state index contributed by atoms with van der Waals surface area (Å²) in [6.45, 7) is 3.85. The van der Waals surface area contributed by atoms with E-state index in [1.165, 1.54) is 4.31 Å². The first-order valence-electron chi connectivity index (χ1n) is 7.13. The van der Waals surface area contributed by atoms with Gasteiger partial charge in [0.2, 0.25) is 0 Å². The second-order valence-corrected chi connectivity index (χ2v) is 7.37. The number of fused-ring (bicyclic) bond motifs is 1. The van der Waals surface area contributed by atoms with Crippen molar-refractivity contribution in [1.29, 1.82) is 0 Å². The number of carbonyl (C=O) groups excluding carboxylic acids is 1. The maximum Gasteiger partial charge on any atom is 0.264 e. The molecular formula is C17H17NO3S. The van der Waals surface area contributed by atoms with E-state index in [4.69, 9.17) is 0 Å². The number of aryl methyl sites for hydroxylation is 2. The van der Waals surface area contributed by atoms with Gasteiger partial charge < -0.3 is 0 Å². The highest BCUT2D eigenvalue weighted by atomic mass is 32.2. The van der Waals surface area contributed by atoms with Gasteiger partial charge in [-0.15, -0.1) is 0 Å². The average Bonchev–Trinajstić information content (AvgIpc) is 2.48. The fourth-order valence-electron chi connectivity index (χ4n) is 2.76. The highest BCUT2D eigenvalue weighted by Crippen LogP contribution is 2.33. The van der Waals surface area contributed by atoms with Gasteiger partial charge in [0, 0.05) is 18.5 Å². The standard InChI is InChI=1S/C17H17NO3S/c1-12-7-8-15-14(11-12)16(19)9-10-18(15)22(20,21)17-6-4-3-5-13(17)2/h3-8,11H,9-10H2,1-2H3. The molecule has 0 N–H and O–H groups in total. The van der Waals surface area contributed by atoms with Crippen molar-refractivity contribution in [2.75, 3.05) is 10.8 Å². The molecule has 0 unspecified atom stereocenters. The van der Waals surface area contributed by atoms with Gasteiger partial charge in [-0.2, -0.15) is 0 Å². The monoisotopic (exact) mass is 315 g/mol. The maximum atomic E-state index is 13.0. The Morgan fingerprint density at radius 3 is 2.50 bits per heavy atom. The van der Waals surface area contributed by atoms with E-state index in [0.717, 1.165) is 5.56 Å². The topological polar surface area (TPSA) is 54.5 Å². The van der Waals surface area contributed by atoms with E-state index in [2.05, 4.69) is 0 Å². The molecular weight excluding hydrogens is 298 g/mol. The number of benzene rings is 2. The fourth-order valence-corrected chi connectivity index (χ4v) is 4.48. The van der Waals surface area contributed by atoms with Gasteiger partial charge in [0.25, 0.3) is 10.0 Å². The van der Waals surface area contributed by atoms with Crippen LogP contribution in [-0.2, 0) is 10.0 Å². The van der Waals surface area contributed by atoms with Crippen LogP contribution in [0.25, 0.3) is 0 Å². The van der Waals surface area contributed by atoms with E-state index in [0.29, 0.717) is 16.8 Å². The average molecular weight is 315 g/mol. The fraction of sp³-hybridized carbons (Fsp3) is 0.235. The Kier molecular flexibility index (Phi) is 3.53. The van der Waals surface area contributed by atoms with E-state index in [1.807, 2.05) is 19.1 Å². The normalized spacial score (nSPS) is 14.8. The Labute approximate surface area is 130 Å². The van der Waals surface area contributed by atoms with Gasteiger partial charge in [-0.25, -0.2) is 8.42 Å². The second-order valence-electron chi connectivity index (χ2n) is 5.54. The van der Waals surface area contributed by atoms with E-state index < -0.39 is 10.0 Å². The van der Waals surface area contributed by atoms with Gasteiger partial charge in [-0.1, -0.05) is 29.8 Å². The third-order valence-electron chi connectivity index (χ3n) is 3.92. The zero-order valence-corrected chi connectivity index (χ0v) is 13.4. The first kappa shape index (κ1) is 14.8. The lowest BCUT2D eigenvalue weighted by Crippen LogP contribution is -2.37. The van der Waals surface area contributed by atoms with E-state index in [9.17, 15) is 13.2 Å². The smallest absolute Gasteiger partial charge is 0.264 e. The Morgan fingerprint density at radius 2 is 1.77 bits per heavy atom. The van der Waals surface area contributed by atoms with Crippen LogP contribution in [0, 0.1) is 13.8 Å². The van der Waals surface area contributed by atoms with Crippen molar-refractivity contribution < 1.29 is 13.2 Å². The predicted octanol–water partition coefficient (Wildman–Crippen LogP) is 3.09. The van der Waals surface area contributed by atoms with Crippen molar-refractivity contribution in [1.82, 2.24) is 0 Å². The molecule has 4 nitrogen and oxygen atoms in total. The Bertz CT molecular complexity index is 856. The molecule has 3 rings (SSSR count). The number of anilines is 1.